The molecule has 2 heterocycles. The fourth-order valence-corrected chi connectivity index (χ4v) is 5.46. The molecule has 1 amide bonds. The van der Waals surface area contributed by atoms with Crippen molar-refractivity contribution in [2.24, 2.45) is 11.1 Å². The van der Waals surface area contributed by atoms with Gasteiger partial charge in [-0.05, 0) is 37.8 Å². The first-order valence-electron chi connectivity index (χ1n) is 12.1. The lowest BCUT2D eigenvalue weighted by Gasteiger charge is -2.35. The summed E-state index contributed by atoms with van der Waals surface area (Å²) in [4.78, 5) is 26.2. The average molecular weight is 504 g/mol. The predicted molar refractivity (Wildman–Crippen MR) is 131 cm³/mol. The maximum atomic E-state index is 14.6. The van der Waals surface area contributed by atoms with E-state index in [0.717, 1.165) is 57.1 Å². The van der Waals surface area contributed by atoms with Crippen LogP contribution in [-0.4, -0.2) is 31.5 Å². The highest BCUT2D eigenvalue weighted by atomic mass is 35.5. The van der Waals surface area contributed by atoms with Crippen LogP contribution in [0.3, 0.4) is 0 Å². The molecule has 0 spiro atoms. The van der Waals surface area contributed by atoms with Crippen LogP contribution >= 0.6 is 11.6 Å². The molecule has 2 aromatic heterocycles. The number of aromatic nitrogens is 4. The van der Waals surface area contributed by atoms with Gasteiger partial charge in [-0.25, -0.2) is 18.7 Å². The summed E-state index contributed by atoms with van der Waals surface area (Å²) in [6.07, 6.45) is 10.0. The number of nitrogens with zero attached hydrogens (tertiary/aromatic N) is 4. The number of carbonyl (C=O) groups is 1. The lowest BCUT2D eigenvalue weighted by atomic mass is 9.73. The Kier molecular flexibility index (Phi) is 6.48. The summed E-state index contributed by atoms with van der Waals surface area (Å²) in [5.74, 6) is -1.50. The van der Waals surface area contributed by atoms with E-state index in [-0.39, 0.29) is 23.2 Å². The van der Waals surface area contributed by atoms with Crippen molar-refractivity contribution < 1.29 is 13.6 Å². The maximum absolute atomic E-state index is 14.6. The molecular weight excluding hydrogens is 476 g/mol. The maximum Gasteiger partial charge on any atom is 0.225 e. The first kappa shape index (κ1) is 23.7. The Morgan fingerprint density at radius 2 is 1.80 bits per heavy atom. The van der Waals surface area contributed by atoms with Gasteiger partial charge >= 0.3 is 0 Å². The van der Waals surface area contributed by atoms with Crippen LogP contribution in [0, 0.1) is 17.0 Å². The van der Waals surface area contributed by atoms with Gasteiger partial charge in [-0.2, -0.15) is 4.98 Å². The molecule has 2 aliphatic carbocycles. The molecule has 2 fully saturated rings. The van der Waals surface area contributed by atoms with Crippen molar-refractivity contribution in [2.45, 2.75) is 70.4 Å². The van der Waals surface area contributed by atoms with Gasteiger partial charge in [0.2, 0.25) is 17.8 Å². The zero-order chi connectivity index (χ0) is 24.6. The molecule has 0 saturated heterocycles. The molecular formula is C24H28ClF2N7O. The molecule has 0 aliphatic heterocycles. The van der Waals surface area contributed by atoms with Crippen molar-refractivity contribution in [3.63, 3.8) is 0 Å². The van der Waals surface area contributed by atoms with E-state index in [1.807, 2.05) is 0 Å². The summed E-state index contributed by atoms with van der Waals surface area (Å²) < 4.78 is 30.9. The molecule has 0 radical (unpaired) electrons. The topological polar surface area (TPSA) is 111 Å². The average Bonchev–Trinajstić information content (AvgIpc) is 3.45. The van der Waals surface area contributed by atoms with E-state index in [4.69, 9.17) is 22.3 Å². The number of primary amides is 1. The minimum atomic E-state index is -0.856. The number of carbonyl (C=O) groups excluding carboxylic acids is 1. The van der Waals surface area contributed by atoms with Gasteiger partial charge in [-0.15, -0.1) is 0 Å². The number of benzene rings is 1. The summed E-state index contributed by atoms with van der Waals surface area (Å²) >= 11 is 5.78. The number of nitrogens with two attached hydrogens (primary N) is 1. The molecule has 35 heavy (non-hydrogen) atoms. The Balaban J connectivity index is 1.59. The Morgan fingerprint density at radius 1 is 1.11 bits per heavy atom. The van der Waals surface area contributed by atoms with Crippen molar-refractivity contribution >= 4 is 46.3 Å². The number of anilines is 3. The van der Waals surface area contributed by atoms with Crippen LogP contribution in [0.4, 0.5) is 26.4 Å². The second-order valence-corrected chi connectivity index (χ2v) is 10.1. The molecule has 186 valence electrons. The second-order valence-electron chi connectivity index (χ2n) is 9.62. The van der Waals surface area contributed by atoms with Crippen molar-refractivity contribution in [2.75, 3.05) is 10.6 Å². The fraction of sp³-hybridized carbons (Fsp3) is 0.500. The third-order valence-corrected chi connectivity index (χ3v) is 7.43. The lowest BCUT2D eigenvalue weighted by molar-refractivity contribution is -0.130. The molecule has 1 aromatic carbocycles. The number of imidazole rings is 1. The highest BCUT2D eigenvalue weighted by Crippen LogP contribution is 2.40. The van der Waals surface area contributed by atoms with E-state index in [9.17, 15) is 13.6 Å². The number of halogens is 3. The Bertz CT molecular complexity index is 1230. The van der Waals surface area contributed by atoms with E-state index in [0.29, 0.717) is 36.0 Å². The smallest absolute Gasteiger partial charge is 0.225 e. The molecule has 2 saturated carbocycles. The van der Waals surface area contributed by atoms with Crippen LogP contribution < -0.4 is 16.4 Å². The monoisotopic (exact) mass is 503 g/mol. The second kappa shape index (κ2) is 9.56. The number of hydrogen-bond acceptors (Lipinski definition) is 6. The van der Waals surface area contributed by atoms with E-state index in [1.165, 1.54) is 0 Å². The van der Waals surface area contributed by atoms with Gasteiger partial charge in [0.15, 0.2) is 17.3 Å². The Hall–Kier alpha value is -3.01. The minimum absolute atomic E-state index is 0.0533. The number of rotatable bonds is 7. The molecule has 5 rings (SSSR count). The van der Waals surface area contributed by atoms with Crippen LogP contribution in [0.1, 0.15) is 57.8 Å². The normalized spacial score (nSPS) is 18.1. The zero-order valence-electron chi connectivity index (χ0n) is 19.3. The van der Waals surface area contributed by atoms with Crippen molar-refractivity contribution in [3.8, 4) is 0 Å². The molecule has 0 bridgehead atoms. The third-order valence-electron chi connectivity index (χ3n) is 7.21. The van der Waals surface area contributed by atoms with Gasteiger partial charge in [0.1, 0.15) is 11.2 Å². The quantitative estimate of drug-likeness (QED) is 0.404. The Morgan fingerprint density at radius 3 is 2.46 bits per heavy atom. The summed E-state index contributed by atoms with van der Waals surface area (Å²) in [5, 5.41) is 6.08. The largest absolute Gasteiger partial charge is 0.369 e. The molecule has 0 atom stereocenters. The minimum Gasteiger partial charge on any atom is -0.369 e. The van der Waals surface area contributed by atoms with Gasteiger partial charge in [0.05, 0.1) is 11.6 Å². The predicted octanol–water partition coefficient (Wildman–Crippen LogP) is 5.29. The number of nitrogens with one attached hydrogen (secondary N) is 2. The van der Waals surface area contributed by atoms with E-state index >= 15 is 0 Å². The summed E-state index contributed by atoms with van der Waals surface area (Å²) in [6.45, 7) is 0.192. The number of hydrogen-bond donors (Lipinski definition) is 3. The lowest BCUT2D eigenvalue weighted by Crippen LogP contribution is -2.42. The standard InChI is InChI=1S/C24H28ClF2N7O/c25-14-10-16(26)19(17(27)11-14)32-23-31-18-12-29-22(30-15-6-2-3-7-15)33-20(18)34(23)13-24(21(28)35)8-4-1-5-9-24/h10-12,15H,1-9,13H2,(H2,28,35)(H,31,32)(H,29,30,33). The van der Waals surface area contributed by atoms with Crippen LogP contribution in [0.15, 0.2) is 18.3 Å². The van der Waals surface area contributed by atoms with Gasteiger partial charge in [0, 0.05) is 17.6 Å². The third kappa shape index (κ3) is 4.76. The zero-order valence-corrected chi connectivity index (χ0v) is 20.0. The molecule has 3 aromatic rings. The summed E-state index contributed by atoms with van der Waals surface area (Å²) in [7, 11) is 0. The molecule has 0 unspecified atom stereocenters. The SMILES string of the molecule is NC(=O)C1(Cn2c(Nc3c(F)cc(Cl)cc3F)nc3cnc(NC4CCCC4)nc32)CCCCC1. The van der Waals surface area contributed by atoms with E-state index < -0.39 is 23.0 Å². The first-order valence-corrected chi connectivity index (χ1v) is 12.4. The Labute approximate surface area is 206 Å². The van der Waals surface area contributed by atoms with Crippen LogP contribution in [0.2, 0.25) is 5.02 Å². The van der Waals surface area contributed by atoms with E-state index in [2.05, 4.69) is 20.6 Å². The van der Waals surface area contributed by atoms with Crippen molar-refractivity contribution in [1.29, 1.82) is 0 Å². The van der Waals surface area contributed by atoms with Crippen LogP contribution in [-0.2, 0) is 11.3 Å². The van der Waals surface area contributed by atoms with Gasteiger partial charge < -0.3 is 16.4 Å². The number of fused-ring (bicyclic) bond motifs is 1. The fourth-order valence-electron chi connectivity index (χ4n) is 5.27. The van der Waals surface area contributed by atoms with Gasteiger partial charge in [-0.1, -0.05) is 43.7 Å². The molecule has 4 N–H and O–H groups in total. The van der Waals surface area contributed by atoms with Crippen molar-refractivity contribution in [3.05, 3.63) is 35.0 Å². The van der Waals surface area contributed by atoms with Crippen LogP contribution in [0.25, 0.3) is 11.2 Å². The first-order chi connectivity index (χ1) is 16.8. The number of amides is 1. The highest BCUT2D eigenvalue weighted by Gasteiger charge is 2.39. The highest BCUT2D eigenvalue weighted by molar-refractivity contribution is 6.30. The molecule has 8 nitrogen and oxygen atoms in total. The van der Waals surface area contributed by atoms with Crippen molar-refractivity contribution in [1.82, 2.24) is 19.5 Å². The summed E-state index contributed by atoms with van der Waals surface area (Å²) in [5.41, 5.74) is 5.61. The van der Waals surface area contributed by atoms with Gasteiger partial charge in [-0.3, -0.25) is 9.36 Å². The van der Waals surface area contributed by atoms with E-state index in [1.54, 1.807) is 10.8 Å². The van der Waals surface area contributed by atoms with Crippen LogP contribution in [0.5, 0.6) is 0 Å². The molecule has 11 heteroatoms. The molecule has 2 aliphatic rings. The van der Waals surface area contributed by atoms with Gasteiger partial charge in [0.25, 0.3) is 0 Å². The summed E-state index contributed by atoms with van der Waals surface area (Å²) in [6, 6.07) is 2.35.